The van der Waals surface area contributed by atoms with Gasteiger partial charge in [0, 0.05) is 37.1 Å². The Kier molecular flexibility index (Phi) is 5.08. The molecule has 19 heavy (non-hydrogen) atoms. The smallest absolute Gasteiger partial charge is 0.111 e. The molecule has 1 atom stereocenters. The highest BCUT2D eigenvalue weighted by Crippen LogP contribution is 2.26. The van der Waals surface area contributed by atoms with Gasteiger partial charge in [-0.15, -0.1) is 11.6 Å². The van der Waals surface area contributed by atoms with Gasteiger partial charge in [0.05, 0.1) is 11.0 Å². The largest absolute Gasteiger partial charge is 0.385 e. The number of hydrogen-bond donors (Lipinski definition) is 0. The molecule has 0 bridgehead atoms. The Hall–Kier alpha value is -0.770. The molecular formula is C14H18Cl2N2O. The van der Waals surface area contributed by atoms with Crippen molar-refractivity contribution < 1.29 is 4.74 Å². The van der Waals surface area contributed by atoms with Gasteiger partial charge < -0.3 is 9.30 Å². The minimum Gasteiger partial charge on any atom is -0.385 e. The van der Waals surface area contributed by atoms with Crippen LogP contribution >= 0.6 is 23.2 Å². The van der Waals surface area contributed by atoms with Crippen LogP contribution in [-0.4, -0.2) is 29.1 Å². The molecule has 1 heterocycles. The molecule has 0 saturated carbocycles. The average Bonchev–Trinajstić information content (AvgIpc) is 2.73. The number of ether oxygens (including phenoxy) is 1. The fraction of sp³-hybridized carbons (Fsp3) is 0.500. The molecule has 3 nitrogen and oxygen atoms in total. The van der Waals surface area contributed by atoms with Crippen molar-refractivity contribution in [2.75, 3.05) is 19.6 Å². The zero-order valence-corrected chi connectivity index (χ0v) is 12.7. The number of aromatic nitrogens is 2. The molecular weight excluding hydrogens is 283 g/mol. The van der Waals surface area contributed by atoms with Crippen molar-refractivity contribution in [1.29, 1.82) is 0 Å². The predicted molar refractivity (Wildman–Crippen MR) is 80.4 cm³/mol. The van der Waals surface area contributed by atoms with E-state index in [4.69, 9.17) is 27.9 Å². The van der Waals surface area contributed by atoms with Crippen molar-refractivity contribution in [3.63, 3.8) is 0 Å². The van der Waals surface area contributed by atoms with Crippen molar-refractivity contribution in [2.45, 2.75) is 25.8 Å². The quantitative estimate of drug-likeness (QED) is 0.752. The van der Waals surface area contributed by atoms with E-state index in [1.54, 1.807) is 7.11 Å². The minimum absolute atomic E-state index is 0.323. The summed E-state index contributed by atoms with van der Waals surface area (Å²) in [6, 6.07) is 6.14. The van der Waals surface area contributed by atoms with Crippen molar-refractivity contribution in [3.8, 4) is 0 Å². The van der Waals surface area contributed by atoms with Crippen LogP contribution < -0.4 is 0 Å². The van der Waals surface area contributed by atoms with Crippen molar-refractivity contribution in [2.24, 2.45) is 0 Å². The molecule has 1 aromatic heterocycles. The molecule has 104 valence electrons. The van der Waals surface area contributed by atoms with Crippen LogP contribution in [0.25, 0.3) is 11.0 Å². The van der Waals surface area contributed by atoms with Gasteiger partial charge in [-0.3, -0.25) is 0 Å². The maximum Gasteiger partial charge on any atom is 0.111 e. The van der Waals surface area contributed by atoms with E-state index in [2.05, 4.69) is 16.5 Å². The van der Waals surface area contributed by atoms with Gasteiger partial charge in [-0.25, -0.2) is 4.98 Å². The Morgan fingerprint density at radius 1 is 1.42 bits per heavy atom. The Balaban J connectivity index is 2.45. The Bertz CT molecular complexity index is 554. The van der Waals surface area contributed by atoms with Gasteiger partial charge in [-0.1, -0.05) is 11.6 Å². The monoisotopic (exact) mass is 300 g/mol. The first-order chi connectivity index (χ1) is 9.17. The normalized spacial score (nSPS) is 13.1. The minimum atomic E-state index is 0.323. The van der Waals surface area contributed by atoms with Crippen molar-refractivity contribution >= 4 is 34.2 Å². The zero-order valence-electron chi connectivity index (χ0n) is 11.2. The standard InChI is InChI=1S/C14H18Cl2N2O/c1-10(6-8-19-2)18-13-4-3-11(16)9-12(13)17-14(18)5-7-15/h3-4,9-10H,5-8H2,1-2H3. The van der Waals surface area contributed by atoms with E-state index in [-0.39, 0.29) is 0 Å². The van der Waals surface area contributed by atoms with Gasteiger partial charge in [-0.05, 0) is 31.5 Å². The van der Waals surface area contributed by atoms with Crippen LogP contribution in [0.1, 0.15) is 25.2 Å². The highest BCUT2D eigenvalue weighted by Gasteiger charge is 2.15. The highest BCUT2D eigenvalue weighted by molar-refractivity contribution is 6.31. The summed E-state index contributed by atoms with van der Waals surface area (Å²) in [4.78, 5) is 4.65. The summed E-state index contributed by atoms with van der Waals surface area (Å²) in [5.41, 5.74) is 2.03. The van der Waals surface area contributed by atoms with Crippen LogP contribution in [0.5, 0.6) is 0 Å². The van der Waals surface area contributed by atoms with Gasteiger partial charge in [0.25, 0.3) is 0 Å². The number of rotatable bonds is 6. The number of fused-ring (bicyclic) bond motifs is 1. The van der Waals surface area contributed by atoms with E-state index >= 15 is 0 Å². The third kappa shape index (κ3) is 3.22. The molecule has 2 rings (SSSR count). The summed E-state index contributed by atoms with van der Waals surface area (Å²) in [5, 5.41) is 0.708. The number of nitrogens with zero attached hydrogens (tertiary/aromatic N) is 2. The van der Waals surface area contributed by atoms with Crippen LogP contribution in [0, 0.1) is 0 Å². The summed E-state index contributed by atoms with van der Waals surface area (Å²) in [6.45, 7) is 2.90. The van der Waals surface area contributed by atoms with Gasteiger partial charge in [0.1, 0.15) is 5.82 Å². The van der Waals surface area contributed by atoms with E-state index < -0.39 is 0 Å². The van der Waals surface area contributed by atoms with Gasteiger partial charge in [0.15, 0.2) is 0 Å². The molecule has 0 fully saturated rings. The molecule has 1 unspecified atom stereocenters. The zero-order chi connectivity index (χ0) is 13.8. The predicted octanol–water partition coefficient (Wildman–Crippen LogP) is 4.07. The van der Waals surface area contributed by atoms with Crippen molar-refractivity contribution in [1.82, 2.24) is 9.55 Å². The lowest BCUT2D eigenvalue weighted by molar-refractivity contribution is 0.181. The molecule has 0 aliphatic carbocycles. The third-order valence-electron chi connectivity index (χ3n) is 3.22. The second kappa shape index (κ2) is 6.60. The first-order valence-electron chi connectivity index (χ1n) is 6.38. The Labute approximate surface area is 123 Å². The Morgan fingerprint density at radius 2 is 2.21 bits per heavy atom. The van der Waals surface area contributed by atoms with Gasteiger partial charge in [-0.2, -0.15) is 0 Å². The van der Waals surface area contributed by atoms with Crippen molar-refractivity contribution in [3.05, 3.63) is 29.0 Å². The third-order valence-corrected chi connectivity index (χ3v) is 3.65. The molecule has 0 aliphatic rings. The van der Waals surface area contributed by atoms with E-state index in [1.165, 1.54) is 0 Å². The second-order valence-electron chi connectivity index (χ2n) is 4.60. The number of hydrogen-bond acceptors (Lipinski definition) is 2. The molecule has 5 heteroatoms. The molecule has 0 spiro atoms. The van der Waals surface area contributed by atoms with Crippen LogP contribution in [0.2, 0.25) is 5.02 Å². The van der Waals surface area contributed by atoms with Crippen LogP contribution in [0.15, 0.2) is 18.2 Å². The SMILES string of the molecule is COCCC(C)n1c(CCCl)nc2cc(Cl)ccc21. The summed E-state index contributed by atoms with van der Waals surface area (Å²) in [5.74, 6) is 1.57. The number of methoxy groups -OCH3 is 1. The van der Waals surface area contributed by atoms with E-state index in [9.17, 15) is 0 Å². The number of alkyl halides is 1. The number of halogens is 2. The van der Waals surface area contributed by atoms with Crippen LogP contribution in [-0.2, 0) is 11.2 Å². The first kappa shape index (κ1) is 14.6. The maximum atomic E-state index is 6.03. The lowest BCUT2D eigenvalue weighted by Gasteiger charge is -2.17. The molecule has 1 aromatic carbocycles. The van der Waals surface area contributed by atoms with Crippen LogP contribution in [0.4, 0.5) is 0 Å². The first-order valence-corrected chi connectivity index (χ1v) is 7.30. The highest BCUT2D eigenvalue weighted by atomic mass is 35.5. The summed E-state index contributed by atoms with van der Waals surface area (Å²) in [7, 11) is 1.72. The lowest BCUT2D eigenvalue weighted by Crippen LogP contribution is -2.12. The molecule has 0 saturated heterocycles. The topological polar surface area (TPSA) is 27.1 Å². The summed E-state index contributed by atoms with van der Waals surface area (Å²) >= 11 is 11.9. The molecule has 2 aromatic rings. The van der Waals surface area contributed by atoms with E-state index in [1.807, 2.05) is 18.2 Å². The Morgan fingerprint density at radius 3 is 2.89 bits per heavy atom. The van der Waals surface area contributed by atoms with Gasteiger partial charge in [0.2, 0.25) is 0 Å². The molecule has 0 aliphatic heterocycles. The molecule has 0 N–H and O–H groups in total. The fourth-order valence-corrected chi connectivity index (χ4v) is 2.63. The second-order valence-corrected chi connectivity index (χ2v) is 5.41. The van der Waals surface area contributed by atoms with E-state index in [0.717, 1.165) is 36.3 Å². The average molecular weight is 301 g/mol. The number of imidazole rings is 1. The van der Waals surface area contributed by atoms with Crippen LogP contribution in [0.3, 0.4) is 0 Å². The molecule has 0 radical (unpaired) electrons. The number of aryl methyl sites for hydroxylation is 1. The summed E-state index contributed by atoms with van der Waals surface area (Å²) in [6.07, 6.45) is 1.70. The molecule has 0 amide bonds. The number of benzene rings is 1. The van der Waals surface area contributed by atoms with Gasteiger partial charge >= 0.3 is 0 Å². The lowest BCUT2D eigenvalue weighted by atomic mass is 10.2. The fourth-order valence-electron chi connectivity index (χ4n) is 2.29. The summed E-state index contributed by atoms with van der Waals surface area (Å²) < 4.78 is 7.40. The maximum absolute atomic E-state index is 6.03. The van der Waals surface area contributed by atoms with E-state index in [0.29, 0.717) is 16.9 Å².